The molecule has 0 saturated carbocycles. The number of nitrogens with zero attached hydrogens (tertiary/aromatic N) is 4. The van der Waals surface area contributed by atoms with Crippen molar-refractivity contribution in [1.29, 1.82) is 0 Å². The molecule has 1 aliphatic heterocycles. The van der Waals surface area contributed by atoms with Crippen molar-refractivity contribution < 1.29 is 4.79 Å². The summed E-state index contributed by atoms with van der Waals surface area (Å²) in [6.07, 6.45) is 2.78. The number of aromatic nitrogens is 3. The molecule has 29 heavy (non-hydrogen) atoms. The van der Waals surface area contributed by atoms with Crippen LogP contribution in [0.5, 0.6) is 0 Å². The van der Waals surface area contributed by atoms with E-state index < -0.39 is 0 Å². The van der Waals surface area contributed by atoms with Crippen LogP contribution in [-0.4, -0.2) is 57.9 Å². The number of hydrogen-bond donors (Lipinski definition) is 2. The predicted octanol–water partition coefficient (Wildman–Crippen LogP) is 2.98. The second-order valence-corrected chi connectivity index (χ2v) is 8.02. The van der Waals surface area contributed by atoms with Crippen LogP contribution in [0.25, 0.3) is 10.9 Å². The average molecular weight is 395 g/mol. The van der Waals surface area contributed by atoms with Gasteiger partial charge in [-0.15, -0.1) is 0 Å². The second kappa shape index (κ2) is 7.81. The average Bonchev–Trinajstić information content (AvgIpc) is 3.28. The number of aromatic amines is 1. The van der Waals surface area contributed by atoms with Gasteiger partial charge in [0.15, 0.2) is 0 Å². The molecule has 2 aromatic heterocycles. The first-order valence-electron chi connectivity index (χ1n) is 10.3. The third-order valence-corrected chi connectivity index (χ3v) is 6.02. The van der Waals surface area contributed by atoms with Gasteiger partial charge in [0.25, 0.3) is 0 Å². The highest BCUT2D eigenvalue weighted by Gasteiger charge is 2.24. The molecule has 0 spiro atoms. The number of amides is 2. The summed E-state index contributed by atoms with van der Waals surface area (Å²) in [7, 11) is 1.96. The van der Waals surface area contributed by atoms with Gasteiger partial charge in [-0.1, -0.05) is 6.07 Å². The molecule has 2 N–H and O–H groups in total. The molecular weight excluding hydrogens is 364 g/mol. The fourth-order valence-electron chi connectivity index (χ4n) is 4.27. The standard InChI is InChI=1S/C22H30N6O/c1-15(14-19-16(2)25-26(4)17(19)3)24-22(29)28-12-10-27(11-13-28)21-7-5-6-20-18(21)8-9-23-20/h5-9,15,23H,10-14H2,1-4H3,(H,24,29). The van der Waals surface area contributed by atoms with E-state index in [0.717, 1.165) is 49.5 Å². The number of carbonyl (C=O) groups is 1. The Hall–Kier alpha value is -2.96. The lowest BCUT2D eigenvalue weighted by Crippen LogP contribution is -2.53. The molecule has 154 valence electrons. The molecule has 0 radical (unpaired) electrons. The summed E-state index contributed by atoms with van der Waals surface area (Å²) in [5.41, 5.74) is 5.82. The minimum absolute atomic E-state index is 0.0243. The van der Waals surface area contributed by atoms with Crippen molar-refractivity contribution in [3.05, 3.63) is 47.4 Å². The Bertz CT molecular complexity index is 1010. The molecule has 7 heteroatoms. The smallest absolute Gasteiger partial charge is 0.317 e. The van der Waals surface area contributed by atoms with Gasteiger partial charge in [-0.05, 0) is 51.0 Å². The van der Waals surface area contributed by atoms with E-state index in [2.05, 4.69) is 58.4 Å². The van der Waals surface area contributed by atoms with E-state index in [1.54, 1.807) is 0 Å². The molecule has 1 saturated heterocycles. The molecule has 3 heterocycles. The van der Waals surface area contributed by atoms with Crippen LogP contribution in [-0.2, 0) is 13.5 Å². The van der Waals surface area contributed by atoms with Gasteiger partial charge >= 0.3 is 6.03 Å². The molecule has 0 aliphatic carbocycles. The zero-order valence-corrected chi connectivity index (χ0v) is 17.7. The van der Waals surface area contributed by atoms with Crippen molar-refractivity contribution in [2.24, 2.45) is 7.05 Å². The van der Waals surface area contributed by atoms with Gasteiger partial charge in [-0.2, -0.15) is 5.10 Å². The first kappa shape index (κ1) is 19.4. The number of benzene rings is 1. The molecule has 1 unspecified atom stereocenters. The number of aryl methyl sites for hydroxylation is 2. The van der Waals surface area contributed by atoms with Crippen molar-refractivity contribution in [2.75, 3.05) is 31.1 Å². The quantitative estimate of drug-likeness (QED) is 0.715. The number of piperazine rings is 1. The van der Waals surface area contributed by atoms with Gasteiger partial charge in [0.2, 0.25) is 0 Å². The number of fused-ring (bicyclic) bond motifs is 1. The molecular formula is C22H30N6O. The van der Waals surface area contributed by atoms with Crippen molar-refractivity contribution in [2.45, 2.75) is 33.2 Å². The van der Waals surface area contributed by atoms with E-state index in [-0.39, 0.29) is 12.1 Å². The van der Waals surface area contributed by atoms with Crippen molar-refractivity contribution >= 4 is 22.6 Å². The summed E-state index contributed by atoms with van der Waals surface area (Å²) in [5.74, 6) is 0. The lowest BCUT2D eigenvalue weighted by Gasteiger charge is -2.36. The van der Waals surface area contributed by atoms with Crippen LogP contribution in [0.2, 0.25) is 0 Å². The monoisotopic (exact) mass is 394 g/mol. The molecule has 1 atom stereocenters. The molecule has 0 bridgehead atoms. The maximum absolute atomic E-state index is 12.8. The Labute approximate surface area is 171 Å². The molecule has 7 nitrogen and oxygen atoms in total. The summed E-state index contributed by atoms with van der Waals surface area (Å²) in [4.78, 5) is 20.3. The van der Waals surface area contributed by atoms with Gasteiger partial charge in [-0.25, -0.2) is 4.79 Å². The van der Waals surface area contributed by atoms with Gasteiger partial charge in [0.05, 0.1) is 5.69 Å². The minimum Gasteiger partial charge on any atom is -0.367 e. The fourth-order valence-corrected chi connectivity index (χ4v) is 4.27. The van der Waals surface area contributed by atoms with Gasteiger partial charge in [0, 0.05) is 67.7 Å². The Morgan fingerprint density at radius 3 is 2.66 bits per heavy atom. The highest BCUT2D eigenvalue weighted by atomic mass is 16.2. The van der Waals surface area contributed by atoms with Crippen LogP contribution in [0.3, 0.4) is 0 Å². The highest BCUT2D eigenvalue weighted by Crippen LogP contribution is 2.27. The van der Waals surface area contributed by atoms with Crippen LogP contribution in [0.15, 0.2) is 30.5 Å². The van der Waals surface area contributed by atoms with Crippen LogP contribution in [0.4, 0.5) is 10.5 Å². The molecule has 2 amide bonds. The van der Waals surface area contributed by atoms with Gasteiger partial charge in [-0.3, -0.25) is 4.68 Å². The molecule has 1 aliphatic rings. The minimum atomic E-state index is 0.0243. The van der Waals surface area contributed by atoms with Crippen molar-refractivity contribution in [3.63, 3.8) is 0 Å². The maximum Gasteiger partial charge on any atom is 0.317 e. The summed E-state index contributed by atoms with van der Waals surface area (Å²) in [5, 5.41) is 8.88. The van der Waals surface area contributed by atoms with Crippen LogP contribution in [0.1, 0.15) is 23.9 Å². The summed E-state index contributed by atoms with van der Waals surface area (Å²) >= 11 is 0. The highest BCUT2D eigenvalue weighted by molar-refractivity contribution is 5.92. The Morgan fingerprint density at radius 2 is 1.97 bits per heavy atom. The van der Waals surface area contributed by atoms with Gasteiger partial charge < -0.3 is 20.1 Å². The van der Waals surface area contributed by atoms with E-state index in [1.165, 1.54) is 16.6 Å². The normalized spacial score (nSPS) is 15.7. The summed E-state index contributed by atoms with van der Waals surface area (Å²) < 4.78 is 1.91. The molecule has 1 aromatic carbocycles. The largest absolute Gasteiger partial charge is 0.367 e. The summed E-state index contributed by atoms with van der Waals surface area (Å²) in [6, 6.07) is 8.54. The maximum atomic E-state index is 12.8. The Morgan fingerprint density at radius 1 is 1.21 bits per heavy atom. The number of urea groups is 1. The summed E-state index contributed by atoms with van der Waals surface area (Å²) in [6.45, 7) is 9.30. The van der Waals surface area contributed by atoms with E-state index in [1.807, 2.05) is 29.7 Å². The number of anilines is 1. The first-order chi connectivity index (χ1) is 13.9. The molecule has 3 aromatic rings. The zero-order valence-electron chi connectivity index (χ0n) is 17.7. The third kappa shape index (κ3) is 3.81. The van der Waals surface area contributed by atoms with E-state index in [0.29, 0.717) is 0 Å². The Balaban J connectivity index is 1.33. The van der Waals surface area contributed by atoms with Crippen molar-refractivity contribution in [3.8, 4) is 0 Å². The van der Waals surface area contributed by atoms with Crippen molar-refractivity contribution in [1.82, 2.24) is 25.0 Å². The number of nitrogens with one attached hydrogen (secondary N) is 2. The van der Waals surface area contributed by atoms with E-state index in [4.69, 9.17) is 0 Å². The predicted molar refractivity (Wildman–Crippen MR) is 116 cm³/mol. The fraction of sp³-hybridized carbons (Fsp3) is 0.455. The van der Waals surface area contributed by atoms with E-state index >= 15 is 0 Å². The first-order valence-corrected chi connectivity index (χ1v) is 10.3. The van der Waals surface area contributed by atoms with Gasteiger partial charge in [0.1, 0.15) is 0 Å². The molecule has 4 rings (SSSR count). The molecule has 1 fully saturated rings. The zero-order chi connectivity index (χ0) is 20.5. The number of H-pyrrole nitrogens is 1. The van der Waals surface area contributed by atoms with E-state index in [9.17, 15) is 4.79 Å². The Kier molecular flexibility index (Phi) is 5.22. The van der Waals surface area contributed by atoms with Crippen LogP contribution < -0.4 is 10.2 Å². The third-order valence-electron chi connectivity index (χ3n) is 6.02. The van der Waals surface area contributed by atoms with Crippen LogP contribution >= 0.6 is 0 Å². The number of rotatable bonds is 4. The number of carbonyl (C=O) groups excluding carboxylic acids is 1. The second-order valence-electron chi connectivity index (χ2n) is 8.02. The van der Waals surface area contributed by atoms with Crippen LogP contribution in [0, 0.1) is 13.8 Å². The SMILES string of the molecule is Cc1nn(C)c(C)c1CC(C)NC(=O)N1CCN(c2cccc3[nH]ccc23)CC1. The number of hydrogen-bond acceptors (Lipinski definition) is 3. The lowest BCUT2D eigenvalue weighted by molar-refractivity contribution is 0.191. The lowest BCUT2D eigenvalue weighted by atomic mass is 10.1. The topological polar surface area (TPSA) is 69.2 Å².